The van der Waals surface area contributed by atoms with Crippen LogP contribution in [-0.4, -0.2) is 15.3 Å². The first-order valence-electron chi connectivity index (χ1n) is 7.36. The molecule has 0 aliphatic heterocycles. The molecule has 24 heavy (non-hydrogen) atoms. The van der Waals surface area contributed by atoms with Gasteiger partial charge in [0.15, 0.2) is 5.78 Å². The van der Waals surface area contributed by atoms with Gasteiger partial charge in [0.25, 0.3) is 0 Å². The number of halogens is 2. The van der Waals surface area contributed by atoms with E-state index in [-0.39, 0.29) is 17.9 Å². The molecule has 1 heterocycles. The topological polar surface area (TPSA) is 46.9 Å². The quantitative estimate of drug-likeness (QED) is 0.722. The molecular weight excluding hydrogens is 312 g/mol. The van der Waals surface area contributed by atoms with Gasteiger partial charge in [-0.2, -0.15) is 0 Å². The van der Waals surface area contributed by atoms with Crippen molar-refractivity contribution in [2.24, 2.45) is 0 Å². The molecule has 1 N–H and O–H groups in total. The molecule has 0 bridgehead atoms. The molecule has 3 aromatic rings. The summed E-state index contributed by atoms with van der Waals surface area (Å²) in [6.45, 7) is 1.58. The number of hydrogen-bond donors (Lipinski definition) is 1. The molecule has 122 valence electrons. The van der Waals surface area contributed by atoms with Crippen molar-refractivity contribution in [1.82, 2.24) is 9.55 Å². The second-order valence-corrected chi connectivity index (χ2v) is 5.33. The number of aromatic nitrogens is 2. The van der Waals surface area contributed by atoms with E-state index in [1.165, 1.54) is 31.5 Å². The zero-order valence-electron chi connectivity index (χ0n) is 13.0. The average Bonchev–Trinajstić information content (AvgIpc) is 3.06. The van der Waals surface area contributed by atoms with Crippen LogP contribution in [-0.2, 0) is 6.54 Å². The summed E-state index contributed by atoms with van der Waals surface area (Å²) in [7, 11) is 0. The van der Waals surface area contributed by atoms with Crippen LogP contribution in [0.4, 0.5) is 14.5 Å². The Balaban J connectivity index is 1.80. The van der Waals surface area contributed by atoms with Crippen LogP contribution < -0.4 is 5.32 Å². The van der Waals surface area contributed by atoms with Crippen LogP contribution in [0.25, 0.3) is 5.69 Å². The minimum Gasteiger partial charge on any atom is -0.380 e. The molecule has 3 rings (SSSR count). The maximum absolute atomic E-state index is 14.2. The van der Waals surface area contributed by atoms with Crippen molar-refractivity contribution >= 4 is 11.5 Å². The summed E-state index contributed by atoms with van der Waals surface area (Å²) in [5.41, 5.74) is 1.47. The van der Waals surface area contributed by atoms with Gasteiger partial charge in [-0.1, -0.05) is 12.1 Å². The summed E-state index contributed by atoms with van der Waals surface area (Å²) in [6.07, 6.45) is 4.74. The summed E-state index contributed by atoms with van der Waals surface area (Å²) in [5, 5.41) is 2.99. The zero-order valence-corrected chi connectivity index (χ0v) is 13.0. The van der Waals surface area contributed by atoms with Crippen LogP contribution in [0.1, 0.15) is 22.8 Å². The van der Waals surface area contributed by atoms with Crippen LogP contribution in [0.3, 0.4) is 0 Å². The minimum absolute atomic E-state index is 0.00741. The Hall–Kier alpha value is -3.02. The third-order valence-electron chi connectivity index (χ3n) is 3.64. The highest BCUT2D eigenvalue weighted by Crippen LogP contribution is 2.21. The van der Waals surface area contributed by atoms with E-state index in [2.05, 4.69) is 10.3 Å². The van der Waals surface area contributed by atoms with Gasteiger partial charge in [-0.15, -0.1) is 0 Å². The third-order valence-corrected chi connectivity index (χ3v) is 3.64. The molecule has 0 atom stereocenters. The first-order valence-corrected chi connectivity index (χ1v) is 7.36. The second-order valence-electron chi connectivity index (χ2n) is 5.33. The standard InChI is InChI=1S/C18H15F2N3O/c1-12(24)18-14(19)3-2-4-16(18)22-10-13-5-6-17(15(20)9-13)23-8-7-21-11-23/h2-9,11,22H,10H2,1H3. The van der Waals surface area contributed by atoms with Crippen molar-refractivity contribution in [1.29, 1.82) is 0 Å². The van der Waals surface area contributed by atoms with Gasteiger partial charge >= 0.3 is 0 Å². The van der Waals surface area contributed by atoms with Crippen molar-refractivity contribution in [3.63, 3.8) is 0 Å². The number of nitrogens with zero attached hydrogens (tertiary/aromatic N) is 2. The second kappa shape index (κ2) is 6.62. The van der Waals surface area contributed by atoms with E-state index in [1.54, 1.807) is 35.2 Å². The summed E-state index contributed by atoms with van der Waals surface area (Å²) < 4.78 is 29.6. The zero-order chi connectivity index (χ0) is 17.1. The summed E-state index contributed by atoms with van der Waals surface area (Å²) in [5.74, 6) is -1.33. The largest absolute Gasteiger partial charge is 0.380 e. The molecule has 0 saturated heterocycles. The number of carbonyl (C=O) groups excluding carboxylic acids is 1. The predicted octanol–water partition coefficient (Wildman–Crippen LogP) is 3.97. The molecular formula is C18H15F2N3O. The molecule has 0 aliphatic rings. The highest BCUT2D eigenvalue weighted by molar-refractivity contribution is 5.99. The molecule has 0 radical (unpaired) electrons. The molecule has 2 aromatic carbocycles. The molecule has 4 nitrogen and oxygen atoms in total. The molecule has 0 fully saturated rings. The molecule has 0 aliphatic carbocycles. The summed E-state index contributed by atoms with van der Waals surface area (Å²) in [4.78, 5) is 15.5. The lowest BCUT2D eigenvalue weighted by Crippen LogP contribution is -2.07. The Morgan fingerprint density at radius 2 is 2.04 bits per heavy atom. The van der Waals surface area contributed by atoms with E-state index < -0.39 is 11.6 Å². The van der Waals surface area contributed by atoms with Crippen molar-refractivity contribution in [3.8, 4) is 5.69 Å². The van der Waals surface area contributed by atoms with Gasteiger partial charge in [-0.05, 0) is 36.8 Å². The number of anilines is 1. The van der Waals surface area contributed by atoms with Crippen LogP contribution in [0.5, 0.6) is 0 Å². The number of ketones is 1. The minimum atomic E-state index is -0.575. The van der Waals surface area contributed by atoms with Gasteiger partial charge in [0.05, 0.1) is 17.6 Å². The fraction of sp³-hybridized carbons (Fsp3) is 0.111. The van der Waals surface area contributed by atoms with Crippen molar-refractivity contribution in [2.45, 2.75) is 13.5 Å². The first kappa shape index (κ1) is 15.9. The number of benzene rings is 2. The number of hydrogen-bond acceptors (Lipinski definition) is 3. The number of Topliss-reactive ketones (excluding diaryl/α,β-unsaturated/α-hetero) is 1. The number of carbonyl (C=O) groups is 1. The van der Waals surface area contributed by atoms with Gasteiger partial charge in [0, 0.05) is 24.6 Å². The Morgan fingerprint density at radius 3 is 2.71 bits per heavy atom. The Bertz CT molecular complexity index is 876. The summed E-state index contributed by atoms with van der Waals surface area (Å²) in [6, 6.07) is 9.18. The monoisotopic (exact) mass is 327 g/mol. The first-order chi connectivity index (χ1) is 11.6. The molecule has 6 heteroatoms. The smallest absolute Gasteiger partial charge is 0.164 e. The van der Waals surface area contributed by atoms with Gasteiger partial charge in [0.2, 0.25) is 0 Å². The number of nitrogens with one attached hydrogen (secondary N) is 1. The Kier molecular flexibility index (Phi) is 4.37. The van der Waals surface area contributed by atoms with Crippen molar-refractivity contribution in [3.05, 3.63) is 77.9 Å². The SMILES string of the molecule is CC(=O)c1c(F)cccc1NCc1ccc(-n2ccnc2)c(F)c1. The van der Waals surface area contributed by atoms with Crippen molar-refractivity contribution in [2.75, 3.05) is 5.32 Å². The van der Waals surface area contributed by atoms with Crippen LogP contribution in [0, 0.1) is 11.6 Å². The van der Waals surface area contributed by atoms with E-state index in [0.717, 1.165) is 0 Å². The van der Waals surface area contributed by atoms with Gasteiger partial charge in [0.1, 0.15) is 11.6 Å². The van der Waals surface area contributed by atoms with Gasteiger partial charge in [-0.25, -0.2) is 13.8 Å². The molecule has 0 unspecified atom stereocenters. The normalized spacial score (nSPS) is 10.6. The maximum Gasteiger partial charge on any atom is 0.164 e. The Morgan fingerprint density at radius 1 is 1.21 bits per heavy atom. The van der Waals surface area contributed by atoms with Crippen LogP contribution >= 0.6 is 0 Å². The van der Waals surface area contributed by atoms with E-state index in [4.69, 9.17) is 0 Å². The molecule has 0 amide bonds. The van der Waals surface area contributed by atoms with E-state index in [1.807, 2.05) is 0 Å². The number of imidazole rings is 1. The summed E-state index contributed by atoms with van der Waals surface area (Å²) >= 11 is 0. The van der Waals surface area contributed by atoms with Gasteiger partial charge < -0.3 is 9.88 Å². The number of rotatable bonds is 5. The fourth-order valence-corrected chi connectivity index (χ4v) is 2.50. The third kappa shape index (κ3) is 3.17. The molecule has 1 aromatic heterocycles. The highest BCUT2D eigenvalue weighted by atomic mass is 19.1. The van der Waals surface area contributed by atoms with Crippen LogP contribution in [0.2, 0.25) is 0 Å². The lowest BCUT2D eigenvalue weighted by molar-refractivity contribution is 0.101. The van der Waals surface area contributed by atoms with Crippen LogP contribution in [0.15, 0.2) is 55.1 Å². The van der Waals surface area contributed by atoms with E-state index >= 15 is 0 Å². The lowest BCUT2D eigenvalue weighted by Gasteiger charge is -2.12. The fourth-order valence-electron chi connectivity index (χ4n) is 2.50. The lowest BCUT2D eigenvalue weighted by atomic mass is 10.1. The van der Waals surface area contributed by atoms with Crippen molar-refractivity contribution < 1.29 is 13.6 Å². The van der Waals surface area contributed by atoms with E-state index in [9.17, 15) is 13.6 Å². The molecule has 0 saturated carbocycles. The molecule has 0 spiro atoms. The Labute approximate surface area is 137 Å². The van der Waals surface area contributed by atoms with Gasteiger partial charge in [-0.3, -0.25) is 4.79 Å². The average molecular weight is 327 g/mol. The highest BCUT2D eigenvalue weighted by Gasteiger charge is 2.13. The maximum atomic E-state index is 14.2. The predicted molar refractivity (Wildman–Crippen MR) is 87.3 cm³/mol. The van der Waals surface area contributed by atoms with E-state index in [0.29, 0.717) is 16.9 Å².